The van der Waals surface area contributed by atoms with Gasteiger partial charge in [-0.1, -0.05) is 25.9 Å². The zero-order chi connectivity index (χ0) is 15.7. The summed E-state index contributed by atoms with van der Waals surface area (Å²) < 4.78 is 30.0. The summed E-state index contributed by atoms with van der Waals surface area (Å²) in [5.74, 6) is 1.29. The summed E-state index contributed by atoms with van der Waals surface area (Å²) in [6, 6.07) is 0. The van der Waals surface area contributed by atoms with Gasteiger partial charge in [0.2, 0.25) is 15.9 Å². The lowest BCUT2D eigenvalue weighted by molar-refractivity contribution is 0.264. The maximum Gasteiger partial charge on any atom is 0.232 e. The van der Waals surface area contributed by atoms with Gasteiger partial charge < -0.3 is 4.52 Å². The molecule has 0 atom stereocenters. The third kappa shape index (κ3) is 4.49. The molecule has 0 N–H and O–H groups in total. The zero-order valence-corrected chi connectivity index (χ0v) is 14.0. The van der Waals surface area contributed by atoms with Crippen molar-refractivity contribution in [3.05, 3.63) is 11.7 Å². The summed E-state index contributed by atoms with van der Waals surface area (Å²) in [7, 11) is -3.10. The lowest BCUT2D eigenvalue weighted by Gasteiger charge is -2.19. The average Bonchev–Trinajstić information content (AvgIpc) is 2.66. The maximum atomic E-state index is 11.6. The van der Waals surface area contributed by atoms with Crippen molar-refractivity contribution in [2.45, 2.75) is 39.2 Å². The molecule has 0 spiro atoms. The minimum Gasteiger partial charge on any atom is -0.339 e. The Morgan fingerprint density at radius 3 is 2.48 bits per heavy atom. The van der Waals surface area contributed by atoms with Crippen LogP contribution < -0.4 is 0 Å². The number of nitrogens with zero attached hydrogens (tertiary/aromatic N) is 4. The molecule has 1 aliphatic heterocycles. The molecule has 1 aliphatic rings. The van der Waals surface area contributed by atoms with Crippen LogP contribution in [0.4, 0.5) is 0 Å². The third-order valence-electron chi connectivity index (χ3n) is 3.49. The standard InChI is InChI=1S/C13H24N4O3S/c1-13(2,3)12-14-11(15-20-12)10-16-6-5-7-17(9-8-16)21(4,18)19/h5-10H2,1-4H3. The van der Waals surface area contributed by atoms with E-state index in [0.717, 1.165) is 13.0 Å². The highest BCUT2D eigenvalue weighted by molar-refractivity contribution is 7.88. The van der Waals surface area contributed by atoms with E-state index in [1.165, 1.54) is 10.6 Å². The molecule has 0 saturated carbocycles. The monoisotopic (exact) mass is 316 g/mol. The van der Waals surface area contributed by atoms with E-state index in [-0.39, 0.29) is 5.41 Å². The number of aromatic nitrogens is 2. The first-order valence-electron chi connectivity index (χ1n) is 7.17. The molecule has 120 valence electrons. The largest absolute Gasteiger partial charge is 0.339 e. The minimum atomic E-state index is -3.10. The zero-order valence-electron chi connectivity index (χ0n) is 13.2. The van der Waals surface area contributed by atoms with Gasteiger partial charge in [-0.05, 0) is 13.0 Å². The molecule has 0 amide bonds. The van der Waals surface area contributed by atoms with E-state index in [1.54, 1.807) is 0 Å². The molecule has 0 unspecified atom stereocenters. The third-order valence-corrected chi connectivity index (χ3v) is 4.79. The smallest absolute Gasteiger partial charge is 0.232 e. The summed E-state index contributed by atoms with van der Waals surface area (Å²) in [5, 5.41) is 4.02. The Labute approximate surface area is 126 Å². The molecule has 2 heterocycles. The van der Waals surface area contributed by atoms with Gasteiger partial charge in [-0.3, -0.25) is 4.90 Å². The van der Waals surface area contributed by atoms with Crippen LogP contribution in [0.15, 0.2) is 4.52 Å². The normalized spacial score (nSPS) is 19.6. The number of hydrogen-bond acceptors (Lipinski definition) is 6. The van der Waals surface area contributed by atoms with Crippen LogP contribution in [0.2, 0.25) is 0 Å². The van der Waals surface area contributed by atoms with E-state index in [0.29, 0.717) is 37.9 Å². The van der Waals surface area contributed by atoms with Crippen LogP contribution in [-0.4, -0.2) is 60.2 Å². The summed E-state index contributed by atoms with van der Waals surface area (Å²) in [6.45, 7) is 9.30. The molecule has 0 bridgehead atoms. The van der Waals surface area contributed by atoms with Gasteiger partial charge in [0.1, 0.15) is 0 Å². The van der Waals surface area contributed by atoms with Crippen LogP contribution in [0.3, 0.4) is 0 Å². The first-order chi connectivity index (χ1) is 9.66. The van der Waals surface area contributed by atoms with Gasteiger partial charge in [0.25, 0.3) is 0 Å². The maximum absolute atomic E-state index is 11.6. The average molecular weight is 316 g/mol. The summed E-state index contributed by atoms with van der Waals surface area (Å²) in [4.78, 5) is 6.59. The predicted molar refractivity (Wildman–Crippen MR) is 79.3 cm³/mol. The summed E-state index contributed by atoms with van der Waals surface area (Å²) in [5.41, 5.74) is -0.156. The Balaban J connectivity index is 1.96. The van der Waals surface area contributed by atoms with E-state index in [1.807, 2.05) is 20.8 Å². The fourth-order valence-electron chi connectivity index (χ4n) is 2.26. The highest BCUT2D eigenvalue weighted by atomic mass is 32.2. The second-order valence-corrected chi connectivity index (χ2v) is 8.54. The quantitative estimate of drug-likeness (QED) is 0.822. The lowest BCUT2D eigenvalue weighted by Crippen LogP contribution is -2.34. The first kappa shape index (κ1) is 16.4. The van der Waals surface area contributed by atoms with Crippen LogP contribution in [-0.2, 0) is 22.0 Å². The molecule has 1 saturated heterocycles. The molecule has 1 fully saturated rings. The molecule has 8 heteroatoms. The fourth-order valence-corrected chi connectivity index (χ4v) is 3.13. The van der Waals surface area contributed by atoms with E-state index < -0.39 is 10.0 Å². The van der Waals surface area contributed by atoms with Crippen molar-refractivity contribution in [3.63, 3.8) is 0 Å². The molecule has 0 aliphatic carbocycles. The van der Waals surface area contributed by atoms with Gasteiger partial charge in [-0.2, -0.15) is 4.98 Å². The second kappa shape index (κ2) is 6.02. The SMILES string of the molecule is CC(C)(C)c1nc(CN2CCCN(S(C)(=O)=O)CC2)no1. The van der Waals surface area contributed by atoms with Gasteiger partial charge in [0, 0.05) is 25.0 Å². The lowest BCUT2D eigenvalue weighted by atomic mass is 9.97. The highest BCUT2D eigenvalue weighted by Crippen LogP contribution is 2.20. The van der Waals surface area contributed by atoms with E-state index in [9.17, 15) is 8.42 Å². The van der Waals surface area contributed by atoms with Crippen molar-refractivity contribution in [2.24, 2.45) is 0 Å². The predicted octanol–water partition coefficient (Wildman–Crippen LogP) is 0.834. The molecule has 2 rings (SSSR count). The van der Waals surface area contributed by atoms with E-state index in [2.05, 4.69) is 15.0 Å². The van der Waals surface area contributed by atoms with E-state index in [4.69, 9.17) is 4.52 Å². The Bertz CT molecular complexity index is 576. The molecule has 0 aromatic carbocycles. The highest BCUT2D eigenvalue weighted by Gasteiger charge is 2.24. The van der Waals surface area contributed by atoms with Crippen LogP contribution in [0.25, 0.3) is 0 Å². The van der Waals surface area contributed by atoms with Crippen LogP contribution in [0, 0.1) is 0 Å². The number of rotatable bonds is 3. The minimum absolute atomic E-state index is 0.156. The van der Waals surface area contributed by atoms with Gasteiger partial charge >= 0.3 is 0 Å². The summed E-state index contributed by atoms with van der Waals surface area (Å²) >= 11 is 0. The second-order valence-electron chi connectivity index (χ2n) is 6.56. The number of hydrogen-bond donors (Lipinski definition) is 0. The Morgan fingerprint density at radius 2 is 1.90 bits per heavy atom. The molecule has 21 heavy (non-hydrogen) atoms. The molecular formula is C13H24N4O3S. The Kier molecular flexibility index (Phi) is 4.69. The molecule has 0 radical (unpaired) electrons. The van der Waals surface area contributed by atoms with Crippen molar-refractivity contribution < 1.29 is 12.9 Å². The molecule has 1 aromatic rings. The molecular weight excluding hydrogens is 292 g/mol. The van der Waals surface area contributed by atoms with Gasteiger partial charge in [-0.15, -0.1) is 0 Å². The van der Waals surface area contributed by atoms with Crippen molar-refractivity contribution in [1.82, 2.24) is 19.3 Å². The van der Waals surface area contributed by atoms with Crippen LogP contribution in [0.5, 0.6) is 0 Å². The number of sulfonamides is 1. The van der Waals surface area contributed by atoms with E-state index >= 15 is 0 Å². The van der Waals surface area contributed by atoms with Crippen molar-refractivity contribution in [3.8, 4) is 0 Å². The van der Waals surface area contributed by atoms with Crippen molar-refractivity contribution in [2.75, 3.05) is 32.4 Å². The van der Waals surface area contributed by atoms with Gasteiger partial charge in [0.05, 0.1) is 12.8 Å². The Morgan fingerprint density at radius 1 is 1.19 bits per heavy atom. The van der Waals surface area contributed by atoms with Crippen molar-refractivity contribution in [1.29, 1.82) is 0 Å². The van der Waals surface area contributed by atoms with Gasteiger partial charge in [0.15, 0.2) is 5.82 Å². The van der Waals surface area contributed by atoms with Crippen LogP contribution >= 0.6 is 0 Å². The van der Waals surface area contributed by atoms with Crippen molar-refractivity contribution >= 4 is 10.0 Å². The Hall–Kier alpha value is -0.990. The molecule has 7 nitrogen and oxygen atoms in total. The van der Waals surface area contributed by atoms with Crippen LogP contribution in [0.1, 0.15) is 38.9 Å². The summed E-state index contributed by atoms with van der Waals surface area (Å²) in [6.07, 6.45) is 2.08. The molecule has 1 aromatic heterocycles. The fraction of sp³-hybridized carbons (Fsp3) is 0.846. The first-order valence-corrected chi connectivity index (χ1v) is 9.01. The topological polar surface area (TPSA) is 79.5 Å². The van der Waals surface area contributed by atoms with Gasteiger partial charge in [-0.25, -0.2) is 12.7 Å².